The van der Waals surface area contributed by atoms with Crippen LogP contribution < -0.4 is 5.32 Å². The van der Waals surface area contributed by atoms with E-state index >= 15 is 0 Å². The van der Waals surface area contributed by atoms with Gasteiger partial charge in [0, 0.05) is 22.0 Å². The minimum Gasteiger partial charge on any atom is -0.359 e. The Morgan fingerprint density at radius 3 is 2.83 bits per heavy atom. The highest BCUT2D eigenvalue weighted by molar-refractivity contribution is 7.11. The summed E-state index contributed by atoms with van der Waals surface area (Å²) in [6.07, 6.45) is 1.62. The summed E-state index contributed by atoms with van der Waals surface area (Å²) in [5, 5.41) is 13.9. The average molecular weight is 263 g/mol. The predicted molar refractivity (Wildman–Crippen MR) is 72.0 cm³/mol. The van der Waals surface area contributed by atoms with E-state index in [9.17, 15) is 10.1 Å². The molecule has 0 aliphatic heterocycles. The molecule has 5 nitrogen and oxygen atoms in total. The minimum atomic E-state index is -0.415. The smallest absolute Gasteiger partial charge is 0.311 e. The van der Waals surface area contributed by atoms with E-state index in [2.05, 4.69) is 10.3 Å². The molecule has 0 bridgehead atoms. The topological polar surface area (TPSA) is 68.1 Å². The highest BCUT2D eigenvalue weighted by Gasteiger charge is 2.15. The number of nitro groups is 1. The summed E-state index contributed by atoms with van der Waals surface area (Å²) in [5.41, 5.74) is 0.794. The number of nitrogens with zero attached hydrogens (tertiary/aromatic N) is 2. The molecule has 0 aliphatic rings. The van der Waals surface area contributed by atoms with Crippen LogP contribution in [0.1, 0.15) is 15.3 Å². The largest absolute Gasteiger partial charge is 0.359 e. The van der Waals surface area contributed by atoms with Crippen molar-refractivity contribution in [3.63, 3.8) is 0 Å². The van der Waals surface area contributed by atoms with Crippen LogP contribution in [0.2, 0.25) is 0 Å². The first kappa shape index (κ1) is 12.5. The third-order valence-electron chi connectivity index (χ3n) is 2.43. The number of thiophene rings is 1. The van der Waals surface area contributed by atoms with Crippen molar-refractivity contribution in [3.05, 3.63) is 49.8 Å². The van der Waals surface area contributed by atoms with Gasteiger partial charge < -0.3 is 5.32 Å². The zero-order chi connectivity index (χ0) is 13.1. The van der Waals surface area contributed by atoms with Gasteiger partial charge >= 0.3 is 5.69 Å². The van der Waals surface area contributed by atoms with Crippen molar-refractivity contribution in [2.24, 2.45) is 0 Å². The molecule has 18 heavy (non-hydrogen) atoms. The molecule has 0 saturated carbocycles. The monoisotopic (exact) mass is 263 g/mol. The Morgan fingerprint density at radius 2 is 2.22 bits per heavy atom. The number of pyridine rings is 1. The van der Waals surface area contributed by atoms with Crippen molar-refractivity contribution in [3.8, 4) is 0 Å². The van der Waals surface area contributed by atoms with Crippen LogP contribution in [0, 0.1) is 24.0 Å². The number of nitrogens with one attached hydrogen (secondary N) is 1. The maximum Gasteiger partial charge on any atom is 0.311 e. The molecular weight excluding hydrogens is 250 g/mol. The Hall–Kier alpha value is -1.95. The zero-order valence-electron chi connectivity index (χ0n) is 10.1. The fourth-order valence-electron chi connectivity index (χ4n) is 1.58. The fourth-order valence-corrected chi connectivity index (χ4v) is 2.41. The standard InChI is InChI=1S/C12H13N3O2S/c1-8-5-11(15(16)17)12(13-6-8)14-7-10-4-3-9(2)18-10/h3-6H,7H2,1-2H3,(H,13,14). The number of anilines is 1. The van der Waals surface area contributed by atoms with E-state index in [4.69, 9.17) is 0 Å². The first-order valence-corrected chi connectivity index (χ1v) is 6.28. The van der Waals surface area contributed by atoms with Gasteiger partial charge in [-0.2, -0.15) is 0 Å². The average Bonchev–Trinajstić information content (AvgIpc) is 2.73. The molecule has 2 rings (SSSR count). The fraction of sp³-hybridized carbons (Fsp3) is 0.250. The Balaban J connectivity index is 2.16. The lowest BCUT2D eigenvalue weighted by molar-refractivity contribution is -0.384. The summed E-state index contributed by atoms with van der Waals surface area (Å²) in [4.78, 5) is 16.9. The first-order valence-electron chi connectivity index (χ1n) is 5.46. The molecular formula is C12H13N3O2S. The van der Waals surface area contributed by atoms with Crippen LogP contribution >= 0.6 is 11.3 Å². The summed E-state index contributed by atoms with van der Waals surface area (Å²) in [6.45, 7) is 4.36. The molecule has 94 valence electrons. The van der Waals surface area contributed by atoms with Gasteiger partial charge in [-0.15, -0.1) is 11.3 Å². The van der Waals surface area contributed by atoms with Gasteiger partial charge in [0.05, 0.1) is 11.5 Å². The van der Waals surface area contributed by atoms with E-state index in [-0.39, 0.29) is 5.69 Å². The molecule has 2 heterocycles. The summed E-state index contributed by atoms with van der Waals surface area (Å²) >= 11 is 1.66. The quantitative estimate of drug-likeness (QED) is 0.679. The Kier molecular flexibility index (Phi) is 3.57. The van der Waals surface area contributed by atoms with Crippen LogP contribution in [0.15, 0.2) is 24.4 Å². The predicted octanol–water partition coefficient (Wildman–Crippen LogP) is 3.28. The normalized spacial score (nSPS) is 10.3. The van der Waals surface area contributed by atoms with E-state index in [0.29, 0.717) is 12.4 Å². The highest BCUT2D eigenvalue weighted by atomic mass is 32.1. The molecule has 0 aliphatic carbocycles. The van der Waals surface area contributed by atoms with Gasteiger partial charge in [-0.05, 0) is 31.5 Å². The van der Waals surface area contributed by atoms with Gasteiger partial charge in [-0.1, -0.05) is 0 Å². The van der Waals surface area contributed by atoms with E-state index in [1.807, 2.05) is 19.1 Å². The SMILES string of the molecule is Cc1cnc(NCc2ccc(C)s2)c([N+](=O)[O-])c1. The lowest BCUT2D eigenvalue weighted by Crippen LogP contribution is -2.04. The van der Waals surface area contributed by atoms with Gasteiger partial charge in [0.1, 0.15) is 0 Å². The van der Waals surface area contributed by atoms with Crippen molar-refractivity contribution in [1.29, 1.82) is 0 Å². The van der Waals surface area contributed by atoms with Crippen LogP contribution in [-0.4, -0.2) is 9.91 Å². The lowest BCUT2D eigenvalue weighted by atomic mass is 10.3. The lowest BCUT2D eigenvalue weighted by Gasteiger charge is -2.05. The molecule has 0 spiro atoms. The number of aryl methyl sites for hydroxylation is 2. The Labute approximate surface area is 109 Å². The molecule has 0 fully saturated rings. The van der Waals surface area contributed by atoms with Gasteiger partial charge in [-0.25, -0.2) is 4.98 Å². The number of hydrogen-bond acceptors (Lipinski definition) is 5. The van der Waals surface area contributed by atoms with Crippen molar-refractivity contribution in [1.82, 2.24) is 4.98 Å². The first-order chi connectivity index (χ1) is 8.56. The molecule has 6 heteroatoms. The molecule has 0 unspecified atom stereocenters. The van der Waals surface area contributed by atoms with E-state index in [1.54, 1.807) is 24.5 Å². The molecule has 2 aromatic rings. The van der Waals surface area contributed by atoms with Crippen LogP contribution in [-0.2, 0) is 6.54 Å². The van der Waals surface area contributed by atoms with Crippen LogP contribution in [0.3, 0.4) is 0 Å². The van der Waals surface area contributed by atoms with E-state index in [0.717, 1.165) is 10.4 Å². The molecule has 0 radical (unpaired) electrons. The van der Waals surface area contributed by atoms with Gasteiger partial charge in [0.2, 0.25) is 5.82 Å². The third-order valence-corrected chi connectivity index (χ3v) is 3.43. The van der Waals surface area contributed by atoms with Crippen LogP contribution in [0.4, 0.5) is 11.5 Å². The second-order valence-corrected chi connectivity index (χ2v) is 5.38. The van der Waals surface area contributed by atoms with Crippen molar-refractivity contribution >= 4 is 22.8 Å². The third kappa shape index (κ3) is 2.84. The van der Waals surface area contributed by atoms with Crippen LogP contribution in [0.5, 0.6) is 0 Å². The summed E-state index contributed by atoms with van der Waals surface area (Å²) in [5.74, 6) is 0.316. The van der Waals surface area contributed by atoms with Crippen molar-refractivity contribution in [2.45, 2.75) is 20.4 Å². The molecule has 0 amide bonds. The number of rotatable bonds is 4. The number of hydrogen-bond donors (Lipinski definition) is 1. The summed E-state index contributed by atoms with van der Waals surface area (Å²) < 4.78 is 0. The maximum atomic E-state index is 10.9. The van der Waals surface area contributed by atoms with Crippen molar-refractivity contribution in [2.75, 3.05) is 5.32 Å². The molecule has 1 N–H and O–H groups in total. The van der Waals surface area contributed by atoms with Gasteiger partial charge in [0.25, 0.3) is 0 Å². The molecule has 0 saturated heterocycles. The van der Waals surface area contributed by atoms with Crippen molar-refractivity contribution < 1.29 is 4.92 Å². The van der Waals surface area contributed by atoms with Crippen LogP contribution in [0.25, 0.3) is 0 Å². The second kappa shape index (κ2) is 5.14. The second-order valence-electron chi connectivity index (χ2n) is 4.00. The molecule has 0 atom stereocenters. The van der Waals surface area contributed by atoms with E-state index in [1.165, 1.54) is 10.9 Å². The molecule has 0 aromatic carbocycles. The summed E-state index contributed by atoms with van der Waals surface area (Å²) in [6, 6.07) is 5.56. The highest BCUT2D eigenvalue weighted by Crippen LogP contribution is 2.24. The number of aromatic nitrogens is 1. The maximum absolute atomic E-state index is 10.9. The minimum absolute atomic E-state index is 0.0169. The molecule has 2 aromatic heterocycles. The Morgan fingerprint density at radius 1 is 1.44 bits per heavy atom. The zero-order valence-corrected chi connectivity index (χ0v) is 11.0. The summed E-state index contributed by atoms with van der Waals surface area (Å²) in [7, 11) is 0. The van der Waals surface area contributed by atoms with Gasteiger partial charge in [0.15, 0.2) is 0 Å². The van der Waals surface area contributed by atoms with Gasteiger partial charge in [-0.3, -0.25) is 10.1 Å². The Bertz CT molecular complexity index is 580. The van der Waals surface area contributed by atoms with E-state index < -0.39 is 4.92 Å².